The highest BCUT2D eigenvalue weighted by Gasteiger charge is 2.50. The second kappa shape index (κ2) is 11.9. The van der Waals surface area contributed by atoms with Gasteiger partial charge in [-0.1, -0.05) is 12.1 Å². The number of carbonyl (C=O) groups excluding carboxylic acids is 4. The molecule has 0 radical (unpaired) electrons. The molecule has 2 heterocycles. The Bertz CT molecular complexity index is 1550. The summed E-state index contributed by atoms with van der Waals surface area (Å²) in [6.07, 6.45) is -2.37. The van der Waals surface area contributed by atoms with Gasteiger partial charge in [0.25, 0.3) is 0 Å². The lowest BCUT2D eigenvalue weighted by atomic mass is 9.72. The quantitative estimate of drug-likeness (QED) is 0.168. The number of aliphatic hydroxyl groups is 1. The third-order valence-corrected chi connectivity index (χ3v) is 9.12. The maximum Gasteiger partial charge on any atom is 0.227 e. The zero-order valence-electron chi connectivity index (χ0n) is 24.8. The van der Waals surface area contributed by atoms with Crippen molar-refractivity contribution in [3.8, 4) is 17.2 Å². The summed E-state index contributed by atoms with van der Waals surface area (Å²) in [7, 11) is 1.33. The van der Waals surface area contributed by atoms with Crippen LogP contribution in [0.2, 0.25) is 0 Å². The topological polar surface area (TPSA) is 201 Å². The average molecular weight is 626 g/mol. The van der Waals surface area contributed by atoms with Crippen molar-refractivity contribution in [2.45, 2.75) is 88.0 Å². The van der Waals surface area contributed by atoms with Crippen molar-refractivity contribution in [2.24, 2.45) is 5.73 Å². The van der Waals surface area contributed by atoms with Crippen LogP contribution in [0.25, 0.3) is 0 Å². The Morgan fingerprint density at radius 3 is 2.49 bits per heavy atom. The van der Waals surface area contributed by atoms with E-state index < -0.39 is 95.4 Å². The Morgan fingerprint density at radius 2 is 1.82 bits per heavy atom. The van der Waals surface area contributed by atoms with Crippen molar-refractivity contribution in [1.29, 1.82) is 0 Å². The van der Waals surface area contributed by atoms with Gasteiger partial charge in [0.2, 0.25) is 11.6 Å². The Kier molecular flexibility index (Phi) is 8.27. The van der Waals surface area contributed by atoms with Crippen LogP contribution < -0.4 is 10.5 Å². The first kappa shape index (κ1) is 31.3. The molecular formula is C32H35NO12. The molecule has 0 amide bonds. The van der Waals surface area contributed by atoms with Gasteiger partial charge in [0, 0.05) is 48.6 Å². The number of aromatic hydroxyl groups is 2. The number of aldehydes is 1. The molecule has 240 valence electrons. The third-order valence-electron chi connectivity index (χ3n) is 9.12. The summed E-state index contributed by atoms with van der Waals surface area (Å²) in [6, 6.07) is 3.81. The van der Waals surface area contributed by atoms with Crippen molar-refractivity contribution in [3.05, 3.63) is 51.6 Å². The first-order valence-corrected chi connectivity index (χ1v) is 14.9. The monoisotopic (exact) mass is 625 g/mol. The molecule has 1 unspecified atom stereocenters. The number of hydrogen-bond acceptors (Lipinski definition) is 13. The lowest BCUT2D eigenvalue weighted by Crippen LogP contribution is -2.55. The average Bonchev–Trinajstić information content (AvgIpc) is 3.02. The summed E-state index contributed by atoms with van der Waals surface area (Å²) in [5, 5.41) is 34.5. The van der Waals surface area contributed by atoms with Gasteiger partial charge in [0.1, 0.15) is 29.0 Å². The molecule has 2 fully saturated rings. The number of nitrogens with two attached hydrogens (primary N) is 1. The van der Waals surface area contributed by atoms with Crippen molar-refractivity contribution in [2.75, 3.05) is 13.7 Å². The summed E-state index contributed by atoms with van der Waals surface area (Å²) >= 11 is 0. The Labute approximate surface area is 258 Å². The van der Waals surface area contributed by atoms with Crippen LogP contribution >= 0.6 is 0 Å². The number of ketones is 3. The van der Waals surface area contributed by atoms with Crippen LogP contribution in [0.4, 0.5) is 0 Å². The van der Waals surface area contributed by atoms with E-state index in [1.54, 1.807) is 6.92 Å². The number of phenols is 2. The van der Waals surface area contributed by atoms with Gasteiger partial charge in [-0.2, -0.15) is 0 Å². The predicted octanol–water partition coefficient (Wildman–Crippen LogP) is 1.76. The first-order valence-electron chi connectivity index (χ1n) is 14.9. The standard InChI is InChI=1S/C32H35NO12/c1-14-31(45-21-8-3-4-9-42-21)17(33)10-22(43-14)44-19-12-32(40,20(35)13-34)11-16-24(19)30(39)26-25(28(16)37)27(36)15-6-5-7-18(41-2)23(15)29(26)38/h5-7,13-14,17,19,21-22,31,37,39-40H,3-4,8-12,33H2,1-2H3/t14?,17-,19+,21-,22+,31-,32+/m1/s1. The molecule has 2 aliphatic carbocycles. The van der Waals surface area contributed by atoms with Gasteiger partial charge >= 0.3 is 0 Å². The molecule has 0 bridgehead atoms. The first-order chi connectivity index (χ1) is 21.5. The lowest BCUT2D eigenvalue weighted by Gasteiger charge is -2.43. The number of benzene rings is 2. The number of Topliss-reactive ketones (excluding diaryl/α,β-unsaturated/α-hetero) is 1. The normalized spacial score (nSPS) is 31.0. The van der Waals surface area contributed by atoms with Crippen LogP contribution in [-0.4, -0.2) is 89.1 Å². The highest BCUT2D eigenvalue weighted by atomic mass is 16.7. The van der Waals surface area contributed by atoms with Crippen LogP contribution in [0.15, 0.2) is 18.2 Å². The van der Waals surface area contributed by atoms with E-state index in [9.17, 15) is 34.5 Å². The number of rotatable bonds is 7. The van der Waals surface area contributed by atoms with Gasteiger partial charge in [0.15, 0.2) is 24.6 Å². The highest BCUT2D eigenvalue weighted by molar-refractivity contribution is 6.32. The summed E-state index contributed by atoms with van der Waals surface area (Å²) < 4.78 is 29.4. The summed E-state index contributed by atoms with van der Waals surface area (Å²) in [6.45, 7) is 2.34. The number of ether oxygens (including phenoxy) is 5. The molecule has 2 saturated heterocycles. The lowest BCUT2D eigenvalue weighted by molar-refractivity contribution is -0.281. The van der Waals surface area contributed by atoms with Crippen molar-refractivity contribution in [1.82, 2.24) is 0 Å². The minimum atomic E-state index is -2.35. The van der Waals surface area contributed by atoms with Crippen molar-refractivity contribution < 1.29 is 58.2 Å². The van der Waals surface area contributed by atoms with E-state index in [1.165, 1.54) is 25.3 Å². The zero-order valence-corrected chi connectivity index (χ0v) is 24.8. The van der Waals surface area contributed by atoms with E-state index >= 15 is 0 Å². The zero-order chi connectivity index (χ0) is 32.2. The second-order valence-corrected chi connectivity index (χ2v) is 12.0. The van der Waals surface area contributed by atoms with E-state index in [0.29, 0.717) is 6.61 Å². The molecule has 0 saturated carbocycles. The molecule has 45 heavy (non-hydrogen) atoms. The van der Waals surface area contributed by atoms with Gasteiger partial charge in [-0.15, -0.1) is 0 Å². The van der Waals surface area contributed by atoms with Gasteiger partial charge in [-0.25, -0.2) is 0 Å². The van der Waals surface area contributed by atoms with Gasteiger partial charge in [-0.3, -0.25) is 19.2 Å². The van der Waals surface area contributed by atoms with E-state index in [1.807, 2.05) is 0 Å². The van der Waals surface area contributed by atoms with Gasteiger partial charge in [-0.05, 0) is 32.3 Å². The minimum Gasteiger partial charge on any atom is -0.507 e. The molecular weight excluding hydrogens is 590 g/mol. The molecule has 13 heteroatoms. The molecule has 2 aromatic carbocycles. The molecule has 5 N–H and O–H groups in total. The van der Waals surface area contributed by atoms with Crippen LogP contribution in [0, 0.1) is 0 Å². The van der Waals surface area contributed by atoms with Crippen LogP contribution in [0.3, 0.4) is 0 Å². The molecule has 0 spiro atoms. The number of fused-ring (bicyclic) bond motifs is 3. The number of hydrogen-bond donors (Lipinski definition) is 4. The highest BCUT2D eigenvalue weighted by Crippen LogP contribution is 2.52. The largest absolute Gasteiger partial charge is 0.507 e. The van der Waals surface area contributed by atoms with Crippen molar-refractivity contribution >= 4 is 23.6 Å². The number of methoxy groups -OCH3 is 1. The summed E-state index contributed by atoms with van der Waals surface area (Å²) in [4.78, 5) is 51.6. The number of carbonyl (C=O) groups is 4. The predicted molar refractivity (Wildman–Crippen MR) is 153 cm³/mol. The van der Waals surface area contributed by atoms with Gasteiger partial charge in [0.05, 0.1) is 36.0 Å². The Balaban J connectivity index is 1.38. The molecule has 13 nitrogen and oxygen atoms in total. The van der Waals surface area contributed by atoms with E-state index in [4.69, 9.17) is 29.4 Å². The molecule has 7 atom stereocenters. The fourth-order valence-corrected chi connectivity index (χ4v) is 6.89. The Morgan fingerprint density at radius 1 is 1.07 bits per heavy atom. The second-order valence-electron chi connectivity index (χ2n) is 12.0. The number of phenolic OH excluding ortho intramolecular Hbond substituents is 2. The third kappa shape index (κ3) is 5.23. The molecule has 2 aliphatic heterocycles. The fraction of sp³-hybridized carbons (Fsp3) is 0.500. The minimum absolute atomic E-state index is 0.0427. The van der Waals surface area contributed by atoms with Crippen LogP contribution in [-0.2, 0) is 35.0 Å². The maximum atomic E-state index is 13.8. The van der Waals surface area contributed by atoms with E-state index in [0.717, 1.165) is 19.3 Å². The van der Waals surface area contributed by atoms with Crippen LogP contribution in [0.5, 0.6) is 17.2 Å². The molecule has 4 aliphatic rings. The van der Waals surface area contributed by atoms with E-state index in [-0.39, 0.29) is 40.7 Å². The van der Waals surface area contributed by atoms with Crippen molar-refractivity contribution in [3.63, 3.8) is 0 Å². The summed E-state index contributed by atoms with van der Waals surface area (Å²) in [5.41, 5.74) is 2.69. The smallest absolute Gasteiger partial charge is 0.227 e. The summed E-state index contributed by atoms with van der Waals surface area (Å²) in [5.74, 6) is -4.02. The van der Waals surface area contributed by atoms with Crippen LogP contribution in [0.1, 0.15) is 88.1 Å². The van der Waals surface area contributed by atoms with Gasteiger partial charge < -0.3 is 44.7 Å². The SMILES string of the molecule is COc1cccc2c1C(=O)c1c(O)c3c(c(O)c1C2=O)C[C@@](O)(C(=O)C=O)C[C@@H]3O[C@H]1C[C@@H](N)[C@H](O[C@@H]2CCCCO2)C(C)O1. The van der Waals surface area contributed by atoms with E-state index in [2.05, 4.69) is 0 Å². The maximum absolute atomic E-state index is 13.8. The molecule has 2 aromatic rings. The molecule has 0 aromatic heterocycles. The molecule has 6 rings (SSSR count). The Hall–Kier alpha value is -3.72. The fourth-order valence-electron chi connectivity index (χ4n) is 6.89.